The lowest BCUT2D eigenvalue weighted by Gasteiger charge is -2.35. The fourth-order valence-electron chi connectivity index (χ4n) is 2.28. The molecule has 5 heteroatoms. The minimum Gasteiger partial charge on any atom is -0.449 e. The quantitative estimate of drug-likeness (QED) is 0.840. The number of nitrogens with zero attached hydrogens (tertiary/aromatic N) is 3. The number of carbonyl (C=O) groups excluding carboxylic acids is 1. The van der Waals surface area contributed by atoms with E-state index in [1.807, 2.05) is 12.3 Å². The van der Waals surface area contributed by atoms with Crippen molar-refractivity contribution in [3.05, 3.63) is 23.9 Å². The van der Waals surface area contributed by atoms with Crippen LogP contribution in [0.2, 0.25) is 0 Å². The molecular formula is C16H25N3O2. The van der Waals surface area contributed by atoms with Crippen molar-refractivity contribution in [2.24, 2.45) is 5.41 Å². The molecule has 1 saturated heterocycles. The predicted molar refractivity (Wildman–Crippen MR) is 83.6 cm³/mol. The summed E-state index contributed by atoms with van der Waals surface area (Å²) < 4.78 is 5.36. The van der Waals surface area contributed by atoms with Gasteiger partial charge in [-0.1, -0.05) is 26.8 Å². The Morgan fingerprint density at radius 3 is 2.52 bits per heavy atom. The first-order chi connectivity index (χ1) is 9.87. The van der Waals surface area contributed by atoms with E-state index in [1.54, 1.807) is 4.90 Å². The Bertz CT molecular complexity index is 489. The summed E-state index contributed by atoms with van der Waals surface area (Å²) in [5.74, 6) is 1.01. The molecule has 0 unspecified atom stereocenters. The van der Waals surface area contributed by atoms with E-state index in [-0.39, 0.29) is 11.5 Å². The number of carbonyl (C=O) groups is 1. The number of pyridine rings is 1. The zero-order valence-electron chi connectivity index (χ0n) is 13.4. The van der Waals surface area contributed by atoms with E-state index in [1.165, 1.54) is 5.56 Å². The van der Waals surface area contributed by atoms with Crippen LogP contribution in [-0.4, -0.2) is 48.8 Å². The lowest BCUT2D eigenvalue weighted by atomic mass is 9.99. The zero-order valence-corrected chi connectivity index (χ0v) is 13.4. The minimum atomic E-state index is -0.206. The first-order valence-electron chi connectivity index (χ1n) is 7.45. The normalized spacial score (nSPS) is 16.0. The summed E-state index contributed by atoms with van der Waals surface area (Å²) in [7, 11) is 0. The molecule has 0 radical (unpaired) electrons. The number of hydrogen-bond donors (Lipinski definition) is 0. The van der Waals surface area contributed by atoms with E-state index in [0.29, 0.717) is 19.7 Å². The molecule has 0 bridgehead atoms. The number of amides is 1. The standard InChI is InChI=1S/C16H25N3O2/c1-13-6-5-7-17-14(13)18-8-10-19(11-9-18)15(20)21-12-16(2,3)4/h5-7H,8-12H2,1-4H3. The predicted octanol–water partition coefficient (Wildman–Crippen LogP) is 2.69. The molecular weight excluding hydrogens is 266 g/mol. The number of ether oxygens (including phenoxy) is 1. The first kappa shape index (κ1) is 15.6. The average molecular weight is 291 g/mol. The molecule has 2 heterocycles. The van der Waals surface area contributed by atoms with Crippen molar-refractivity contribution in [1.82, 2.24) is 9.88 Å². The van der Waals surface area contributed by atoms with Crippen LogP contribution in [0.1, 0.15) is 26.3 Å². The minimum absolute atomic E-state index is 0.00253. The van der Waals surface area contributed by atoms with E-state index in [4.69, 9.17) is 4.74 Å². The Morgan fingerprint density at radius 1 is 1.29 bits per heavy atom. The van der Waals surface area contributed by atoms with Crippen molar-refractivity contribution in [2.75, 3.05) is 37.7 Å². The van der Waals surface area contributed by atoms with Crippen LogP contribution in [0.3, 0.4) is 0 Å². The Kier molecular flexibility index (Phi) is 4.70. The summed E-state index contributed by atoms with van der Waals surface area (Å²) in [4.78, 5) is 20.5. The Hall–Kier alpha value is -1.78. The van der Waals surface area contributed by atoms with Crippen molar-refractivity contribution in [2.45, 2.75) is 27.7 Å². The lowest BCUT2D eigenvalue weighted by molar-refractivity contribution is 0.0707. The van der Waals surface area contributed by atoms with Gasteiger partial charge in [0.05, 0.1) is 6.61 Å². The molecule has 5 nitrogen and oxygen atoms in total. The second-order valence-electron chi connectivity index (χ2n) is 6.73. The van der Waals surface area contributed by atoms with Gasteiger partial charge in [0.2, 0.25) is 0 Å². The Balaban J connectivity index is 1.86. The van der Waals surface area contributed by atoms with E-state index in [2.05, 4.69) is 43.6 Å². The van der Waals surface area contributed by atoms with E-state index < -0.39 is 0 Å². The van der Waals surface area contributed by atoms with Crippen LogP contribution in [-0.2, 0) is 4.74 Å². The molecule has 0 spiro atoms. The van der Waals surface area contributed by atoms with Gasteiger partial charge in [-0.25, -0.2) is 9.78 Å². The van der Waals surface area contributed by atoms with Gasteiger partial charge in [0.25, 0.3) is 0 Å². The highest BCUT2D eigenvalue weighted by Crippen LogP contribution is 2.18. The Morgan fingerprint density at radius 2 is 1.95 bits per heavy atom. The van der Waals surface area contributed by atoms with E-state index in [0.717, 1.165) is 18.9 Å². The third-order valence-electron chi connectivity index (χ3n) is 3.45. The van der Waals surface area contributed by atoms with Crippen LogP contribution < -0.4 is 4.90 Å². The van der Waals surface area contributed by atoms with Crippen molar-refractivity contribution >= 4 is 11.9 Å². The second kappa shape index (κ2) is 6.33. The van der Waals surface area contributed by atoms with Gasteiger partial charge in [-0.15, -0.1) is 0 Å². The monoisotopic (exact) mass is 291 g/mol. The number of hydrogen-bond acceptors (Lipinski definition) is 4. The molecule has 1 amide bonds. The highest BCUT2D eigenvalue weighted by Gasteiger charge is 2.24. The maximum absolute atomic E-state index is 12.0. The summed E-state index contributed by atoms with van der Waals surface area (Å²) >= 11 is 0. The van der Waals surface area contributed by atoms with Gasteiger partial charge in [-0.3, -0.25) is 0 Å². The van der Waals surface area contributed by atoms with Crippen LogP contribution >= 0.6 is 0 Å². The van der Waals surface area contributed by atoms with Crippen LogP contribution in [0.25, 0.3) is 0 Å². The Labute approximate surface area is 126 Å². The third kappa shape index (κ3) is 4.34. The van der Waals surface area contributed by atoms with Gasteiger partial charge >= 0.3 is 6.09 Å². The van der Waals surface area contributed by atoms with Gasteiger partial charge < -0.3 is 14.5 Å². The molecule has 0 aliphatic carbocycles. The maximum atomic E-state index is 12.0. The van der Waals surface area contributed by atoms with E-state index >= 15 is 0 Å². The largest absolute Gasteiger partial charge is 0.449 e. The fourth-order valence-corrected chi connectivity index (χ4v) is 2.28. The number of piperazine rings is 1. The van der Waals surface area contributed by atoms with Crippen molar-refractivity contribution in [3.63, 3.8) is 0 Å². The van der Waals surface area contributed by atoms with Crippen molar-refractivity contribution in [3.8, 4) is 0 Å². The summed E-state index contributed by atoms with van der Waals surface area (Å²) in [6, 6.07) is 4.01. The molecule has 0 aromatic carbocycles. The maximum Gasteiger partial charge on any atom is 0.409 e. The molecule has 1 aromatic rings. The first-order valence-corrected chi connectivity index (χ1v) is 7.45. The van der Waals surface area contributed by atoms with Crippen LogP contribution in [0.4, 0.5) is 10.6 Å². The van der Waals surface area contributed by atoms with Crippen LogP contribution in [0.5, 0.6) is 0 Å². The van der Waals surface area contributed by atoms with Gasteiger partial charge in [0, 0.05) is 32.4 Å². The van der Waals surface area contributed by atoms with E-state index in [9.17, 15) is 4.79 Å². The molecule has 1 aliphatic rings. The highest BCUT2D eigenvalue weighted by molar-refractivity contribution is 5.68. The molecule has 21 heavy (non-hydrogen) atoms. The van der Waals surface area contributed by atoms with Crippen molar-refractivity contribution < 1.29 is 9.53 Å². The molecule has 116 valence electrons. The summed E-state index contributed by atoms with van der Waals surface area (Å²) in [5.41, 5.74) is 1.17. The summed E-state index contributed by atoms with van der Waals surface area (Å²) in [6.45, 7) is 11.6. The molecule has 1 fully saturated rings. The molecule has 0 N–H and O–H groups in total. The zero-order chi connectivity index (χ0) is 15.5. The van der Waals surface area contributed by atoms with Crippen LogP contribution in [0, 0.1) is 12.3 Å². The van der Waals surface area contributed by atoms with Crippen molar-refractivity contribution in [1.29, 1.82) is 0 Å². The SMILES string of the molecule is Cc1cccnc1N1CCN(C(=O)OCC(C)(C)C)CC1. The van der Waals surface area contributed by atoms with Crippen LogP contribution in [0.15, 0.2) is 18.3 Å². The topological polar surface area (TPSA) is 45.7 Å². The average Bonchev–Trinajstić information content (AvgIpc) is 2.45. The number of aromatic nitrogens is 1. The van der Waals surface area contributed by atoms with Gasteiger partial charge in [0.15, 0.2) is 0 Å². The number of rotatable bonds is 2. The van der Waals surface area contributed by atoms with Gasteiger partial charge in [-0.05, 0) is 24.0 Å². The summed E-state index contributed by atoms with van der Waals surface area (Å²) in [5, 5.41) is 0. The summed E-state index contributed by atoms with van der Waals surface area (Å²) in [6.07, 6.45) is 1.61. The fraction of sp³-hybridized carbons (Fsp3) is 0.625. The van der Waals surface area contributed by atoms with Gasteiger partial charge in [0.1, 0.15) is 5.82 Å². The smallest absolute Gasteiger partial charge is 0.409 e. The lowest BCUT2D eigenvalue weighted by Crippen LogP contribution is -2.49. The molecule has 1 aliphatic heterocycles. The third-order valence-corrected chi connectivity index (χ3v) is 3.45. The number of anilines is 1. The highest BCUT2D eigenvalue weighted by atomic mass is 16.6. The second-order valence-corrected chi connectivity index (χ2v) is 6.73. The number of aryl methyl sites for hydroxylation is 1. The molecule has 2 rings (SSSR count). The molecule has 1 aromatic heterocycles. The molecule has 0 atom stereocenters. The molecule has 0 saturated carbocycles. The van der Waals surface area contributed by atoms with Gasteiger partial charge in [-0.2, -0.15) is 0 Å².